The normalized spacial score (nSPS) is 12.4. The topological polar surface area (TPSA) is 72.8 Å². The lowest BCUT2D eigenvalue weighted by Gasteiger charge is -2.17. The molecule has 1 aromatic rings. The van der Waals surface area contributed by atoms with Gasteiger partial charge in [0.1, 0.15) is 5.31 Å². The molecular formula is C14H19O5P. The minimum Gasteiger partial charge on any atom is -0.477 e. The molecule has 0 atom stereocenters. The fourth-order valence-corrected chi connectivity index (χ4v) is 3.17. The van der Waals surface area contributed by atoms with Crippen LogP contribution in [0.2, 0.25) is 0 Å². The Balaban J connectivity index is 3.24. The van der Waals surface area contributed by atoms with Gasteiger partial charge in [-0.15, -0.1) is 0 Å². The van der Waals surface area contributed by atoms with Crippen molar-refractivity contribution >= 4 is 19.6 Å². The van der Waals surface area contributed by atoms with Crippen LogP contribution < -0.4 is 0 Å². The third-order valence-electron chi connectivity index (χ3n) is 2.49. The first kappa shape index (κ1) is 16.6. The van der Waals surface area contributed by atoms with E-state index in [1.54, 1.807) is 26.0 Å². The summed E-state index contributed by atoms with van der Waals surface area (Å²) in [5.74, 6) is -1.31. The van der Waals surface area contributed by atoms with E-state index in [2.05, 4.69) is 0 Å². The molecule has 1 aromatic carbocycles. The first-order chi connectivity index (χ1) is 9.42. The number of hydrogen-bond donors (Lipinski definition) is 1. The first-order valence-corrected chi connectivity index (χ1v) is 7.88. The molecule has 1 N–H and O–H groups in total. The molecule has 0 aliphatic heterocycles. The largest absolute Gasteiger partial charge is 0.477 e. The third kappa shape index (κ3) is 4.30. The molecule has 20 heavy (non-hydrogen) atoms. The number of rotatable bonds is 7. The molecule has 0 radical (unpaired) electrons. The van der Waals surface area contributed by atoms with Gasteiger partial charge in [0.25, 0.3) is 0 Å². The van der Waals surface area contributed by atoms with E-state index in [4.69, 9.17) is 9.05 Å². The smallest absolute Gasteiger partial charge is 0.368 e. The Kier molecular flexibility index (Phi) is 6.14. The second-order valence-electron chi connectivity index (χ2n) is 4.08. The Morgan fingerprint density at radius 3 is 2.10 bits per heavy atom. The fraction of sp³-hybridized carbons (Fsp3) is 0.357. The maximum atomic E-state index is 12.5. The summed E-state index contributed by atoms with van der Waals surface area (Å²) in [6.07, 6.45) is 1.33. The molecular weight excluding hydrogens is 279 g/mol. The summed E-state index contributed by atoms with van der Waals surface area (Å²) >= 11 is 0. The van der Waals surface area contributed by atoms with Crippen LogP contribution in [0, 0.1) is 6.92 Å². The van der Waals surface area contributed by atoms with Crippen LogP contribution in [0.3, 0.4) is 0 Å². The molecule has 0 unspecified atom stereocenters. The lowest BCUT2D eigenvalue weighted by molar-refractivity contribution is -0.132. The van der Waals surface area contributed by atoms with E-state index in [0.29, 0.717) is 5.56 Å². The number of carboxylic acid groups (broad SMARTS) is 1. The summed E-state index contributed by atoms with van der Waals surface area (Å²) in [6.45, 7) is 5.41. The van der Waals surface area contributed by atoms with Crippen molar-refractivity contribution in [2.75, 3.05) is 13.2 Å². The molecule has 0 spiro atoms. The lowest BCUT2D eigenvalue weighted by atomic mass is 10.1. The van der Waals surface area contributed by atoms with Crippen LogP contribution in [0.25, 0.3) is 6.08 Å². The summed E-state index contributed by atoms with van der Waals surface area (Å²) in [4.78, 5) is 11.4. The number of aliphatic carboxylic acids is 1. The Morgan fingerprint density at radius 2 is 1.70 bits per heavy atom. The van der Waals surface area contributed by atoms with Gasteiger partial charge in [-0.3, -0.25) is 4.57 Å². The van der Waals surface area contributed by atoms with Crippen molar-refractivity contribution in [3.05, 3.63) is 40.7 Å². The zero-order valence-electron chi connectivity index (χ0n) is 11.8. The minimum atomic E-state index is -3.80. The summed E-state index contributed by atoms with van der Waals surface area (Å²) in [6, 6.07) is 7.19. The van der Waals surface area contributed by atoms with Crippen LogP contribution >= 0.6 is 7.60 Å². The van der Waals surface area contributed by atoms with E-state index in [-0.39, 0.29) is 18.5 Å². The molecule has 0 saturated heterocycles. The van der Waals surface area contributed by atoms with E-state index < -0.39 is 13.6 Å². The zero-order chi connectivity index (χ0) is 15.2. The Morgan fingerprint density at radius 1 is 1.20 bits per heavy atom. The number of aryl methyl sites for hydroxylation is 1. The maximum absolute atomic E-state index is 12.5. The number of carbonyl (C=O) groups is 1. The van der Waals surface area contributed by atoms with Gasteiger partial charge >= 0.3 is 13.6 Å². The maximum Gasteiger partial charge on any atom is 0.368 e. The first-order valence-electron chi connectivity index (χ1n) is 6.34. The van der Waals surface area contributed by atoms with Gasteiger partial charge in [-0.25, -0.2) is 4.79 Å². The second kappa shape index (κ2) is 7.39. The number of carboxylic acids is 1. The molecule has 110 valence electrons. The van der Waals surface area contributed by atoms with E-state index >= 15 is 0 Å². The van der Waals surface area contributed by atoms with E-state index in [1.807, 2.05) is 19.1 Å². The average molecular weight is 298 g/mol. The fourth-order valence-electron chi connectivity index (χ4n) is 1.59. The number of benzene rings is 1. The van der Waals surface area contributed by atoms with Crippen molar-refractivity contribution in [2.24, 2.45) is 0 Å². The van der Waals surface area contributed by atoms with Crippen LogP contribution in [0.1, 0.15) is 25.0 Å². The molecule has 0 fully saturated rings. The standard InChI is InChI=1S/C14H19O5P/c1-4-18-20(17,19-5-2)13(14(15)16)10-12-8-6-11(3)7-9-12/h6-10H,4-5H2,1-3H3,(H,15,16)/b13-10+. The molecule has 0 amide bonds. The molecule has 6 heteroatoms. The van der Waals surface area contributed by atoms with Crippen molar-refractivity contribution in [1.82, 2.24) is 0 Å². The summed E-state index contributed by atoms with van der Waals surface area (Å²) in [5.41, 5.74) is 1.68. The van der Waals surface area contributed by atoms with Gasteiger partial charge in [0.15, 0.2) is 0 Å². The highest BCUT2D eigenvalue weighted by atomic mass is 31.2. The van der Waals surface area contributed by atoms with Crippen LogP contribution in [0.5, 0.6) is 0 Å². The predicted molar refractivity (Wildman–Crippen MR) is 77.7 cm³/mol. The molecule has 1 rings (SSSR count). The monoisotopic (exact) mass is 298 g/mol. The van der Waals surface area contributed by atoms with Gasteiger partial charge in [-0.05, 0) is 32.4 Å². The van der Waals surface area contributed by atoms with E-state index in [0.717, 1.165) is 5.56 Å². The highest BCUT2D eigenvalue weighted by Crippen LogP contribution is 2.56. The quantitative estimate of drug-likeness (QED) is 0.614. The van der Waals surface area contributed by atoms with Crippen LogP contribution in [-0.2, 0) is 18.4 Å². The molecule has 0 saturated carbocycles. The molecule has 0 aromatic heterocycles. The van der Waals surface area contributed by atoms with Crippen LogP contribution in [0.15, 0.2) is 29.6 Å². The predicted octanol–water partition coefficient (Wildman–Crippen LogP) is 3.69. The second-order valence-corrected chi connectivity index (χ2v) is 6.07. The number of hydrogen-bond acceptors (Lipinski definition) is 4. The molecule has 0 heterocycles. The Bertz CT molecular complexity index is 523. The summed E-state index contributed by atoms with van der Waals surface area (Å²) < 4.78 is 22.7. The van der Waals surface area contributed by atoms with Gasteiger partial charge in [0.2, 0.25) is 0 Å². The van der Waals surface area contributed by atoms with Crippen molar-refractivity contribution < 1.29 is 23.5 Å². The molecule has 0 aliphatic carbocycles. The van der Waals surface area contributed by atoms with E-state index in [9.17, 15) is 14.5 Å². The van der Waals surface area contributed by atoms with Crippen LogP contribution in [-0.4, -0.2) is 24.3 Å². The van der Waals surface area contributed by atoms with Gasteiger partial charge in [-0.1, -0.05) is 29.8 Å². The Labute approximate surface area is 118 Å². The molecule has 0 bridgehead atoms. The van der Waals surface area contributed by atoms with Crippen LogP contribution in [0.4, 0.5) is 0 Å². The molecule has 0 aliphatic rings. The highest BCUT2D eigenvalue weighted by Gasteiger charge is 2.34. The Hall–Kier alpha value is -1.42. The highest BCUT2D eigenvalue weighted by molar-refractivity contribution is 7.60. The van der Waals surface area contributed by atoms with Crippen molar-refractivity contribution in [3.8, 4) is 0 Å². The van der Waals surface area contributed by atoms with Gasteiger partial charge < -0.3 is 14.2 Å². The van der Waals surface area contributed by atoms with Crippen molar-refractivity contribution in [3.63, 3.8) is 0 Å². The summed E-state index contributed by atoms with van der Waals surface area (Å²) in [7, 11) is -3.80. The third-order valence-corrected chi connectivity index (χ3v) is 4.60. The summed E-state index contributed by atoms with van der Waals surface area (Å²) in [5, 5.41) is 8.92. The minimum absolute atomic E-state index is 0.107. The van der Waals surface area contributed by atoms with Crippen molar-refractivity contribution in [2.45, 2.75) is 20.8 Å². The van der Waals surface area contributed by atoms with Gasteiger partial charge in [0.05, 0.1) is 13.2 Å². The van der Waals surface area contributed by atoms with Gasteiger partial charge in [-0.2, -0.15) is 0 Å². The van der Waals surface area contributed by atoms with Gasteiger partial charge in [0, 0.05) is 0 Å². The SMILES string of the molecule is CCOP(=O)(OCC)/C(=C/c1ccc(C)cc1)C(=O)O. The average Bonchev–Trinajstić information content (AvgIpc) is 2.38. The van der Waals surface area contributed by atoms with E-state index in [1.165, 1.54) is 6.08 Å². The lowest BCUT2D eigenvalue weighted by Crippen LogP contribution is -2.07. The zero-order valence-corrected chi connectivity index (χ0v) is 12.7. The van der Waals surface area contributed by atoms with Crippen molar-refractivity contribution in [1.29, 1.82) is 0 Å². The molecule has 5 nitrogen and oxygen atoms in total.